The molecule has 4 aromatic rings. The van der Waals surface area contributed by atoms with E-state index in [4.69, 9.17) is 4.74 Å². The van der Waals surface area contributed by atoms with E-state index in [1.54, 1.807) is 37.6 Å². The van der Waals surface area contributed by atoms with Crippen molar-refractivity contribution in [2.45, 2.75) is 0 Å². The summed E-state index contributed by atoms with van der Waals surface area (Å²) in [5.41, 5.74) is 1.71. The molecule has 5 nitrogen and oxygen atoms in total. The molecule has 0 bridgehead atoms. The van der Waals surface area contributed by atoms with Crippen molar-refractivity contribution in [3.05, 3.63) is 66.5 Å². The van der Waals surface area contributed by atoms with Gasteiger partial charge in [-0.3, -0.25) is 4.98 Å². The number of aromatic nitrogens is 3. The van der Waals surface area contributed by atoms with E-state index in [0.29, 0.717) is 39.4 Å². The highest BCUT2D eigenvalue weighted by Crippen LogP contribution is 2.39. The van der Waals surface area contributed by atoms with Gasteiger partial charge in [-0.1, -0.05) is 12.1 Å². The number of ether oxygens (including phenoxy) is 1. The topological polar surface area (TPSA) is 59.9 Å². The summed E-state index contributed by atoms with van der Waals surface area (Å²) in [5.74, 6) is -0.397. The highest BCUT2D eigenvalue weighted by Gasteiger charge is 2.19. The standard InChI is InChI=1S/C21H16F2N4O/c1-24-21-17-16(28-2)9-8-14(13-6-3-7-15(22)18(13)23)19(17)26-20(27-21)12-5-4-10-25-11-12/h3-11H,1-2H3,(H,24,26,27). The van der Waals surface area contributed by atoms with Gasteiger partial charge in [-0.2, -0.15) is 0 Å². The number of nitrogens with zero attached hydrogens (tertiary/aromatic N) is 3. The number of halogens is 2. The van der Waals surface area contributed by atoms with Gasteiger partial charge in [0.25, 0.3) is 0 Å². The normalized spacial score (nSPS) is 10.9. The first-order chi connectivity index (χ1) is 13.6. The fourth-order valence-corrected chi connectivity index (χ4v) is 3.11. The van der Waals surface area contributed by atoms with Gasteiger partial charge >= 0.3 is 0 Å². The average molecular weight is 378 g/mol. The van der Waals surface area contributed by atoms with Crippen LogP contribution in [0.5, 0.6) is 5.75 Å². The number of hydrogen-bond acceptors (Lipinski definition) is 5. The van der Waals surface area contributed by atoms with E-state index in [1.165, 1.54) is 19.2 Å². The molecule has 0 amide bonds. The number of nitrogens with one attached hydrogen (secondary N) is 1. The lowest BCUT2D eigenvalue weighted by Crippen LogP contribution is -2.02. The molecule has 0 saturated carbocycles. The highest BCUT2D eigenvalue weighted by atomic mass is 19.2. The van der Waals surface area contributed by atoms with Crippen LogP contribution >= 0.6 is 0 Å². The Labute approximate surface area is 160 Å². The maximum Gasteiger partial charge on any atom is 0.166 e. The van der Waals surface area contributed by atoms with E-state index < -0.39 is 11.6 Å². The SMILES string of the molecule is CNc1nc(-c2cccnc2)nc2c(-c3cccc(F)c3F)ccc(OC)c12. The maximum absolute atomic E-state index is 14.5. The van der Waals surface area contributed by atoms with Crippen LogP contribution in [0.2, 0.25) is 0 Å². The second-order valence-corrected chi connectivity index (χ2v) is 6.03. The second-order valence-electron chi connectivity index (χ2n) is 6.03. The molecule has 140 valence electrons. The molecule has 0 atom stereocenters. The fourth-order valence-electron chi connectivity index (χ4n) is 3.11. The van der Waals surface area contributed by atoms with Crippen molar-refractivity contribution in [2.24, 2.45) is 0 Å². The molecule has 2 aromatic carbocycles. The summed E-state index contributed by atoms with van der Waals surface area (Å²) >= 11 is 0. The van der Waals surface area contributed by atoms with Gasteiger partial charge in [0.05, 0.1) is 18.0 Å². The van der Waals surface area contributed by atoms with E-state index in [0.717, 1.165) is 6.07 Å². The lowest BCUT2D eigenvalue weighted by atomic mass is 10.0. The Balaban J connectivity index is 2.10. The molecule has 0 aliphatic carbocycles. The molecule has 28 heavy (non-hydrogen) atoms. The predicted molar refractivity (Wildman–Crippen MR) is 104 cm³/mol. The van der Waals surface area contributed by atoms with Crippen molar-refractivity contribution in [1.29, 1.82) is 0 Å². The number of hydrogen-bond donors (Lipinski definition) is 1. The monoisotopic (exact) mass is 378 g/mol. The smallest absolute Gasteiger partial charge is 0.166 e. The Morgan fingerprint density at radius 2 is 1.82 bits per heavy atom. The zero-order valence-electron chi connectivity index (χ0n) is 15.2. The van der Waals surface area contributed by atoms with Crippen LogP contribution in [-0.2, 0) is 0 Å². The van der Waals surface area contributed by atoms with Crippen LogP contribution in [0.1, 0.15) is 0 Å². The zero-order valence-corrected chi connectivity index (χ0v) is 15.2. The van der Waals surface area contributed by atoms with Gasteiger partial charge in [0.2, 0.25) is 0 Å². The Morgan fingerprint density at radius 3 is 2.54 bits per heavy atom. The van der Waals surface area contributed by atoms with Crippen LogP contribution in [0.4, 0.5) is 14.6 Å². The third-order valence-corrected chi connectivity index (χ3v) is 4.43. The van der Waals surface area contributed by atoms with Crippen LogP contribution in [0.25, 0.3) is 33.4 Å². The van der Waals surface area contributed by atoms with E-state index >= 15 is 0 Å². The van der Waals surface area contributed by atoms with E-state index in [2.05, 4.69) is 20.3 Å². The summed E-state index contributed by atoms with van der Waals surface area (Å²) in [6.07, 6.45) is 3.29. The first kappa shape index (κ1) is 17.8. The van der Waals surface area contributed by atoms with Crippen molar-refractivity contribution in [3.63, 3.8) is 0 Å². The number of pyridine rings is 1. The molecule has 0 unspecified atom stereocenters. The minimum atomic E-state index is -0.929. The molecule has 0 aliphatic rings. The molecule has 2 heterocycles. The summed E-state index contributed by atoms with van der Waals surface area (Å²) in [4.78, 5) is 13.3. The molecule has 4 rings (SSSR count). The van der Waals surface area contributed by atoms with E-state index in [1.807, 2.05) is 6.07 Å². The van der Waals surface area contributed by atoms with Gasteiger partial charge in [-0.15, -0.1) is 0 Å². The van der Waals surface area contributed by atoms with Crippen molar-refractivity contribution in [3.8, 4) is 28.3 Å². The van der Waals surface area contributed by atoms with Crippen LogP contribution in [0.3, 0.4) is 0 Å². The first-order valence-corrected chi connectivity index (χ1v) is 8.55. The van der Waals surface area contributed by atoms with Crippen molar-refractivity contribution >= 4 is 16.7 Å². The molecule has 2 aromatic heterocycles. The van der Waals surface area contributed by atoms with Crippen LogP contribution < -0.4 is 10.1 Å². The molecule has 1 N–H and O–H groups in total. The van der Waals surface area contributed by atoms with E-state index in [9.17, 15) is 8.78 Å². The summed E-state index contributed by atoms with van der Waals surface area (Å²) in [6, 6.07) is 11.0. The number of benzene rings is 2. The van der Waals surface area contributed by atoms with E-state index in [-0.39, 0.29) is 5.56 Å². The predicted octanol–water partition coefficient (Wildman–Crippen LogP) is 4.69. The molecule has 0 saturated heterocycles. The third kappa shape index (κ3) is 2.90. The number of fused-ring (bicyclic) bond motifs is 1. The summed E-state index contributed by atoms with van der Waals surface area (Å²) in [5, 5.41) is 3.62. The van der Waals surface area contributed by atoms with Gasteiger partial charge in [0, 0.05) is 36.1 Å². The summed E-state index contributed by atoms with van der Waals surface area (Å²) < 4.78 is 33.8. The lowest BCUT2D eigenvalue weighted by Gasteiger charge is -2.15. The first-order valence-electron chi connectivity index (χ1n) is 8.55. The fraction of sp³-hybridized carbons (Fsp3) is 0.0952. The molecule has 7 heteroatoms. The minimum Gasteiger partial charge on any atom is -0.496 e. The quantitative estimate of drug-likeness (QED) is 0.558. The number of anilines is 1. The van der Waals surface area contributed by atoms with Gasteiger partial charge in [0.1, 0.15) is 11.6 Å². The van der Waals surface area contributed by atoms with Gasteiger partial charge in [-0.05, 0) is 30.3 Å². The van der Waals surface area contributed by atoms with Crippen LogP contribution in [0.15, 0.2) is 54.9 Å². The lowest BCUT2D eigenvalue weighted by molar-refractivity contribution is 0.420. The third-order valence-electron chi connectivity index (χ3n) is 4.43. The molecular weight excluding hydrogens is 362 g/mol. The van der Waals surface area contributed by atoms with Crippen molar-refractivity contribution in [2.75, 3.05) is 19.5 Å². The van der Waals surface area contributed by atoms with Gasteiger partial charge < -0.3 is 10.1 Å². The molecular formula is C21H16F2N4O. The molecule has 0 aliphatic heterocycles. The molecule has 0 radical (unpaired) electrons. The minimum absolute atomic E-state index is 0.116. The Morgan fingerprint density at radius 1 is 0.964 bits per heavy atom. The van der Waals surface area contributed by atoms with Gasteiger partial charge in [-0.25, -0.2) is 18.7 Å². The van der Waals surface area contributed by atoms with Crippen LogP contribution in [-0.4, -0.2) is 29.1 Å². The Hall–Kier alpha value is -3.61. The summed E-state index contributed by atoms with van der Waals surface area (Å²) in [7, 11) is 3.26. The Kier molecular flexibility index (Phi) is 4.57. The van der Waals surface area contributed by atoms with Gasteiger partial charge in [0.15, 0.2) is 17.5 Å². The van der Waals surface area contributed by atoms with Crippen LogP contribution in [0, 0.1) is 11.6 Å². The largest absolute Gasteiger partial charge is 0.496 e. The second kappa shape index (κ2) is 7.19. The number of rotatable bonds is 4. The highest BCUT2D eigenvalue weighted by molar-refractivity contribution is 6.04. The molecule has 0 fully saturated rings. The van der Waals surface area contributed by atoms with Crippen molar-refractivity contribution < 1.29 is 13.5 Å². The maximum atomic E-state index is 14.5. The number of methoxy groups -OCH3 is 1. The Bertz CT molecular complexity index is 1170. The van der Waals surface area contributed by atoms with Crippen molar-refractivity contribution in [1.82, 2.24) is 15.0 Å². The zero-order chi connectivity index (χ0) is 19.7. The average Bonchev–Trinajstić information content (AvgIpc) is 2.75. The molecule has 0 spiro atoms. The summed E-state index contributed by atoms with van der Waals surface area (Å²) in [6.45, 7) is 0.